The van der Waals surface area contributed by atoms with Gasteiger partial charge in [-0.2, -0.15) is 0 Å². The molecule has 4 aromatic rings. The molecule has 0 atom stereocenters. The van der Waals surface area contributed by atoms with Crippen molar-refractivity contribution in [2.45, 2.75) is 4.90 Å². The number of nitrogens with one attached hydrogen (secondary N) is 2. The Hall–Kier alpha value is -3.30. The van der Waals surface area contributed by atoms with E-state index < -0.39 is 15.8 Å². The Bertz CT molecular complexity index is 1230. The number of aromatic nitrogens is 2. The van der Waals surface area contributed by atoms with E-state index in [1.165, 1.54) is 29.5 Å². The Morgan fingerprint density at radius 2 is 1.79 bits per heavy atom. The first-order valence-electron chi connectivity index (χ1n) is 8.51. The lowest BCUT2D eigenvalue weighted by Gasteiger charge is -2.08. The number of benzene rings is 2. The fraction of sp³-hybridized carbons (Fsp3) is 0. The Morgan fingerprint density at radius 1 is 0.966 bits per heavy atom. The summed E-state index contributed by atoms with van der Waals surface area (Å²) in [6.45, 7) is 0. The van der Waals surface area contributed by atoms with Gasteiger partial charge >= 0.3 is 0 Å². The van der Waals surface area contributed by atoms with Crippen LogP contribution in [0.5, 0.6) is 0 Å². The van der Waals surface area contributed by atoms with Crippen LogP contribution in [0.1, 0.15) is 0 Å². The Morgan fingerprint density at radius 3 is 2.52 bits per heavy atom. The second kappa shape index (κ2) is 7.98. The summed E-state index contributed by atoms with van der Waals surface area (Å²) in [6, 6.07) is 15.4. The first-order valence-corrected chi connectivity index (χ1v) is 10.9. The van der Waals surface area contributed by atoms with Crippen molar-refractivity contribution in [1.82, 2.24) is 9.97 Å². The molecule has 2 aromatic heterocycles. The van der Waals surface area contributed by atoms with Gasteiger partial charge in [0.05, 0.1) is 22.5 Å². The van der Waals surface area contributed by atoms with Crippen molar-refractivity contribution in [2.75, 3.05) is 10.0 Å². The predicted molar refractivity (Wildman–Crippen MR) is 112 cm³/mol. The minimum Gasteiger partial charge on any atom is -0.330 e. The van der Waals surface area contributed by atoms with Gasteiger partial charge in [0.15, 0.2) is 5.13 Å². The number of anilines is 3. The van der Waals surface area contributed by atoms with Gasteiger partial charge in [0, 0.05) is 22.8 Å². The second-order valence-corrected chi connectivity index (χ2v) is 8.59. The molecule has 9 heteroatoms. The first kappa shape index (κ1) is 19.0. The summed E-state index contributed by atoms with van der Waals surface area (Å²) in [5.41, 5.74) is 2.83. The molecule has 0 aliphatic carbocycles. The fourth-order valence-electron chi connectivity index (χ4n) is 2.58. The maximum absolute atomic E-state index is 13.3. The maximum atomic E-state index is 13.3. The zero-order valence-corrected chi connectivity index (χ0v) is 16.5. The Balaban J connectivity index is 1.48. The number of pyridine rings is 1. The van der Waals surface area contributed by atoms with Crippen molar-refractivity contribution in [3.63, 3.8) is 0 Å². The number of hydrogen-bond donors (Lipinski definition) is 2. The molecule has 0 radical (unpaired) electrons. The van der Waals surface area contributed by atoms with E-state index in [1.54, 1.807) is 36.7 Å². The van der Waals surface area contributed by atoms with Crippen LogP contribution < -0.4 is 10.0 Å². The lowest BCUT2D eigenvalue weighted by molar-refractivity contribution is 0.595. The molecule has 0 amide bonds. The van der Waals surface area contributed by atoms with E-state index in [4.69, 9.17) is 0 Å². The minimum atomic E-state index is -3.86. The molecule has 2 N–H and O–H groups in total. The van der Waals surface area contributed by atoms with E-state index in [2.05, 4.69) is 20.0 Å². The van der Waals surface area contributed by atoms with Crippen molar-refractivity contribution in [3.8, 4) is 11.3 Å². The van der Waals surface area contributed by atoms with Crippen molar-refractivity contribution >= 4 is 37.9 Å². The standard InChI is InChI=1S/C20H15FN4O2S2/c21-15-3-1-5-18(11-15)29(26,27)25-16-8-6-14(7-9-16)19-13-28-20(24-19)23-17-4-2-10-22-12-17/h1-13,25H,(H,23,24). The van der Waals surface area contributed by atoms with E-state index in [1.807, 2.05) is 17.5 Å². The topological polar surface area (TPSA) is 84.0 Å². The molecule has 0 bridgehead atoms. The highest BCUT2D eigenvalue weighted by Gasteiger charge is 2.15. The molecule has 2 heterocycles. The maximum Gasteiger partial charge on any atom is 0.261 e. The zero-order valence-electron chi connectivity index (χ0n) is 14.9. The summed E-state index contributed by atoms with van der Waals surface area (Å²) < 4.78 is 40.5. The van der Waals surface area contributed by atoms with Crippen molar-refractivity contribution in [3.05, 3.63) is 84.3 Å². The molecule has 0 fully saturated rings. The molecule has 146 valence electrons. The summed E-state index contributed by atoms with van der Waals surface area (Å²) in [7, 11) is -3.86. The summed E-state index contributed by atoms with van der Waals surface area (Å²) in [5, 5.41) is 5.82. The fourth-order valence-corrected chi connectivity index (χ4v) is 4.41. The highest BCUT2D eigenvalue weighted by Crippen LogP contribution is 2.28. The molecular weight excluding hydrogens is 411 g/mol. The smallest absolute Gasteiger partial charge is 0.261 e. The third-order valence-electron chi connectivity index (χ3n) is 3.96. The molecule has 0 aliphatic rings. The number of nitrogens with zero attached hydrogens (tertiary/aromatic N) is 2. The summed E-state index contributed by atoms with van der Waals surface area (Å²) in [6.07, 6.45) is 3.41. The van der Waals surface area contributed by atoms with E-state index in [-0.39, 0.29) is 4.90 Å². The summed E-state index contributed by atoms with van der Waals surface area (Å²) >= 11 is 1.46. The van der Waals surface area contributed by atoms with E-state index >= 15 is 0 Å². The molecule has 0 saturated heterocycles. The quantitative estimate of drug-likeness (QED) is 0.459. The van der Waals surface area contributed by atoms with Crippen LogP contribution in [-0.2, 0) is 10.0 Å². The van der Waals surface area contributed by atoms with Crippen molar-refractivity contribution < 1.29 is 12.8 Å². The molecule has 0 unspecified atom stereocenters. The van der Waals surface area contributed by atoms with Gasteiger partial charge in [-0.05, 0) is 42.5 Å². The summed E-state index contributed by atoms with van der Waals surface area (Å²) in [4.78, 5) is 8.45. The predicted octanol–water partition coefficient (Wildman–Crippen LogP) is 4.89. The van der Waals surface area contributed by atoms with Gasteiger partial charge < -0.3 is 5.32 Å². The SMILES string of the molecule is O=S(=O)(Nc1ccc(-c2csc(Nc3cccnc3)n2)cc1)c1cccc(F)c1. The third-order valence-corrected chi connectivity index (χ3v) is 6.09. The molecule has 4 rings (SSSR count). The van der Waals surface area contributed by atoms with Gasteiger partial charge in [-0.15, -0.1) is 11.3 Å². The van der Waals surface area contributed by atoms with E-state index in [0.717, 1.165) is 28.1 Å². The van der Waals surface area contributed by atoms with Gasteiger partial charge in [-0.3, -0.25) is 9.71 Å². The van der Waals surface area contributed by atoms with Gasteiger partial charge in [0.2, 0.25) is 0 Å². The average molecular weight is 426 g/mol. The van der Waals surface area contributed by atoms with Crippen LogP contribution in [0.15, 0.2) is 83.3 Å². The third kappa shape index (κ3) is 4.58. The molecule has 0 saturated carbocycles. The molecule has 29 heavy (non-hydrogen) atoms. The largest absolute Gasteiger partial charge is 0.330 e. The van der Waals surface area contributed by atoms with Crippen LogP contribution in [0.2, 0.25) is 0 Å². The first-order chi connectivity index (χ1) is 14.0. The monoisotopic (exact) mass is 426 g/mol. The zero-order chi connectivity index (χ0) is 20.3. The Labute approximate surface area is 171 Å². The van der Waals surface area contributed by atoms with Crippen LogP contribution >= 0.6 is 11.3 Å². The number of hydrogen-bond acceptors (Lipinski definition) is 6. The highest BCUT2D eigenvalue weighted by atomic mass is 32.2. The molecule has 2 aromatic carbocycles. The van der Waals surface area contributed by atoms with E-state index in [0.29, 0.717) is 5.69 Å². The van der Waals surface area contributed by atoms with Crippen molar-refractivity contribution in [1.29, 1.82) is 0 Å². The van der Waals surface area contributed by atoms with Crippen LogP contribution in [0.3, 0.4) is 0 Å². The number of thiazole rings is 1. The van der Waals surface area contributed by atoms with Crippen LogP contribution in [0.25, 0.3) is 11.3 Å². The molecule has 0 spiro atoms. The minimum absolute atomic E-state index is 0.132. The summed E-state index contributed by atoms with van der Waals surface area (Å²) in [5.74, 6) is -0.609. The molecule has 0 aliphatic heterocycles. The number of rotatable bonds is 6. The molecule has 6 nitrogen and oxygen atoms in total. The average Bonchev–Trinajstić information content (AvgIpc) is 3.17. The lowest BCUT2D eigenvalue weighted by Crippen LogP contribution is -2.13. The van der Waals surface area contributed by atoms with Crippen LogP contribution in [0.4, 0.5) is 20.9 Å². The normalized spacial score (nSPS) is 11.2. The molecular formula is C20H15FN4O2S2. The van der Waals surface area contributed by atoms with Gasteiger partial charge in [0.25, 0.3) is 10.0 Å². The van der Waals surface area contributed by atoms with E-state index in [9.17, 15) is 12.8 Å². The lowest BCUT2D eigenvalue weighted by atomic mass is 10.1. The highest BCUT2D eigenvalue weighted by molar-refractivity contribution is 7.92. The number of halogens is 1. The van der Waals surface area contributed by atoms with Gasteiger partial charge in [0.1, 0.15) is 5.82 Å². The van der Waals surface area contributed by atoms with Gasteiger partial charge in [-0.25, -0.2) is 17.8 Å². The van der Waals surface area contributed by atoms with Gasteiger partial charge in [-0.1, -0.05) is 18.2 Å². The number of sulfonamides is 1. The van der Waals surface area contributed by atoms with Crippen molar-refractivity contribution in [2.24, 2.45) is 0 Å². The Kier molecular flexibility index (Phi) is 5.24. The van der Waals surface area contributed by atoms with Crippen LogP contribution in [-0.4, -0.2) is 18.4 Å². The second-order valence-electron chi connectivity index (χ2n) is 6.04. The van der Waals surface area contributed by atoms with Crippen LogP contribution in [0, 0.1) is 5.82 Å².